The number of hydrogen-bond acceptors (Lipinski definition) is 3. The van der Waals surface area contributed by atoms with Crippen molar-refractivity contribution in [2.24, 2.45) is 11.8 Å². The molecule has 2 fully saturated rings. The molecule has 1 heterocycles. The second-order valence-electron chi connectivity index (χ2n) is 4.37. The van der Waals surface area contributed by atoms with Crippen molar-refractivity contribution in [2.75, 3.05) is 11.5 Å². The third kappa shape index (κ3) is 2.05. The van der Waals surface area contributed by atoms with Gasteiger partial charge in [0.2, 0.25) is 0 Å². The highest BCUT2D eigenvalue weighted by Gasteiger charge is 2.36. The lowest BCUT2D eigenvalue weighted by Crippen LogP contribution is -2.37. The monoisotopic (exact) mass is 204 g/mol. The van der Waals surface area contributed by atoms with E-state index < -0.39 is 9.84 Å². The van der Waals surface area contributed by atoms with Crippen LogP contribution in [0.4, 0.5) is 0 Å². The molecule has 0 aromatic rings. The molecule has 0 aromatic heterocycles. The summed E-state index contributed by atoms with van der Waals surface area (Å²) in [6.07, 6.45) is 3.32. The van der Waals surface area contributed by atoms with Gasteiger partial charge in [0.15, 0.2) is 0 Å². The van der Waals surface area contributed by atoms with Crippen LogP contribution < -0.4 is 0 Å². The van der Waals surface area contributed by atoms with E-state index in [-0.39, 0.29) is 6.10 Å². The smallest absolute Gasteiger partial charge is 0.150 e. The molecule has 76 valence electrons. The highest BCUT2D eigenvalue weighted by molar-refractivity contribution is 7.91. The van der Waals surface area contributed by atoms with Gasteiger partial charge in [0, 0.05) is 0 Å². The minimum absolute atomic E-state index is 0.108. The molecule has 0 radical (unpaired) electrons. The summed E-state index contributed by atoms with van der Waals surface area (Å²) in [5.74, 6) is 1.89. The number of aliphatic hydroxyl groups is 1. The lowest BCUT2D eigenvalue weighted by molar-refractivity contribution is 0.0118. The van der Waals surface area contributed by atoms with Gasteiger partial charge in [-0.05, 0) is 37.5 Å². The van der Waals surface area contributed by atoms with Crippen molar-refractivity contribution < 1.29 is 13.5 Å². The molecule has 0 amide bonds. The van der Waals surface area contributed by atoms with Gasteiger partial charge in [0.1, 0.15) is 9.84 Å². The Hall–Kier alpha value is -0.0900. The Morgan fingerprint density at radius 3 is 2.00 bits per heavy atom. The molecular weight excluding hydrogens is 188 g/mol. The average Bonchev–Trinajstić information content (AvgIpc) is 2.00. The first kappa shape index (κ1) is 9.46. The fourth-order valence-corrected chi connectivity index (χ4v) is 3.92. The number of sulfone groups is 1. The molecule has 1 aliphatic carbocycles. The second kappa shape index (κ2) is 3.24. The van der Waals surface area contributed by atoms with E-state index >= 15 is 0 Å². The predicted octanol–water partition coefficient (Wildman–Crippen LogP) is 0.582. The Balaban J connectivity index is 1.85. The summed E-state index contributed by atoms with van der Waals surface area (Å²) < 4.78 is 22.3. The molecule has 0 aromatic carbocycles. The highest BCUT2D eigenvalue weighted by Crippen LogP contribution is 2.39. The van der Waals surface area contributed by atoms with Crippen molar-refractivity contribution in [3.8, 4) is 0 Å². The summed E-state index contributed by atoms with van der Waals surface area (Å²) in [5.41, 5.74) is 0. The van der Waals surface area contributed by atoms with Gasteiger partial charge in [0.25, 0.3) is 0 Å². The molecule has 3 nitrogen and oxygen atoms in total. The molecule has 1 N–H and O–H groups in total. The van der Waals surface area contributed by atoms with Crippen molar-refractivity contribution >= 4 is 9.84 Å². The molecule has 0 unspecified atom stereocenters. The third-order valence-electron chi connectivity index (χ3n) is 3.42. The fourth-order valence-electron chi connectivity index (χ4n) is 2.39. The molecule has 1 saturated heterocycles. The van der Waals surface area contributed by atoms with Crippen molar-refractivity contribution in [1.82, 2.24) is 0 Å². The molecular formula is C9H16O3S. The number of rotatable bonds is 1. The molecule has 4 heteroatoms. The Labute approximate surface area is 79.1 Å². The van der Waals surface area contributed by atoms with Crippen LogP contribution >= 0.6 is 0 Å². The normalized spacial score (nSPS) is 39.8. The minimum atomic E-state index is -2.71. The van der Waals surface area contributed by atoms with Crippen LogP contribution in [-0.4, -0.2) is 31.1 Å². The van der Waals surface area contributed by atoms with Crippen molar-refractivity contribution in [1.29, 1.82) is 0 Å². The van der Waals surface area contributed by atoms with Gasteiger partial charge in [-0.25, -0.2) is 8.42 Å². The Morgan fingerprint density at radius 1 is 1.00 bits per heavy atom. The van der Waals surface area contributed by atoms with E-state index in [0.29, 0.717) is 23.3 Å². The van der Waals surface area contributed by atoms with Gasteiger partial charge >= 0.3 is 0 Å². The zero-order valence-corrected chi connectivity index (χ0v) is 8.46. The summed E-state index contributed by atoms with van der Waals surface area (Å²) in [6, 6.07) is 0. The summed E-state index contributed by atoms with van der Waals surface area (Å²) in [5, 5.41) is 9.13. The zero-order valence-electron chi connectivity index (χ0n) is 7.65. The van der Waals surface area contributed by atoms with Gasteiger partial charge in [0.05, 0.1) is 17.6 Å². The van der Waals surface area contributed by atoms with Gasteiger partial charge in [-0.2, -0.15) is 0 Å². The van der Waals surface area contributed by atoms with E-state index in [4.69, 9.17) is 5.11 Å². The lowest BCUT2D eigenvalue weighted by atomic mass is 9.72. The molecule has 1 saturated carbocycles. The Kier molecular flexibility index (Phi) is 2.36. The van der Waals surface area contributed by atoms with Crippen molar-refractivity contribution in [3.05, 3.63) is 0 Å². The molecule has 13 heavy (non-hydrogen) atoms. The van der Waals surface area contributed by atoms with Crippen LogP contribution in [-0.2, 0) is 9.84 Å². The van der Waals surface area contributed by atoms with Crippen LogP contribution in [0.1, 0.15) is 25.7 Å². The average molecular weight is 204 g/mol. The molecule has 2 aliphatic rings. The summed E-state index contributed by atoms with van der Waals surface area (Å²) in [7, 11) is -2.71. The number of aliphatic hydroxyl groups excluding tert-OH is 1. The van der Waals surface area contributed by atoms with Crippen LogP contribution in [0.25, 0.3) is 0 Å². The molecule has 2 rings (SSSR count). The van der Waals surface area contributed by atoms with E-state index in [9.17, 15) is 8.42 Å². The molecule has 0 atom stereocenters. The zero-order chi connectivity index (χ0) is 9.47. The van der Waals surface area contributed by atoms with E-state index in [1.54, 1.807) is 0 Å². The standard InChI is InChI=1S/C9H16O3S/c10-9-5-8(6-9)7-1-3-13(11,12)4-2-7/h7-10H,1-6H2. The summed E-state index contributed by atoms with van der Waals surface area (Å²) >= 11 is 0. The van der Waals surface area contributed by atoms with Crippen molar-refractivity contribution in [2.45, 2.75) is 31.8 Å². The largest absolute Gasteiger partial charge is 0.393 e. The van der Waals surface area contributed by atoms with Crippen molar-refractivity contribution in [3.63, 3.8) is 0 Å². The van der Waals surface area contributed by atoms with Crippen LogP contribution in [0.5, 0.6) is 0 Å². The summed E-state index contributed by atoms with van der Waals surface area (Å²) in [6.45, 7) is 0. The quantitative estimate of drug-likeness (QED) is 0.680. The van der Waals surface area contributed by atoms with Crippen LogP contribution in [0, 0.1) is 11.8 Å². The molecule has 0 spiro atoms. The summed E-state index contributed by atoms with van der Waals surface area (Å²) in [4.78, 5) is 0. The van der Waals surface area contributed by atoms with E-state index in [0.717, 1.165) is 25.7 Å². The SMILES string of the molecule is O=S1(=O)CCC(C2CC(O)C2)CC1. The topological polar surface area (TPSA) is 54.4 Å². The highest BCUT2D eigenvalue weighted by atomic mass is 32.2. The lowest BCUT2D eigenvalue weighted by Gasteiger charge is -2.39. The first-order valence-electron chi connectivity index (χ1n) is 4.95. The maximum Gasteiger partial charge on any atom is 0.150 e. The van der Waals surface area contributed by atoms with Gasteiger partial charge in [-0.1, -0.05) is 0 Å². The maximum absolute atomic E-state index is 11.1. The molecule has 1 aliphatic heterocycles. The first-order valence-corrected chi connectivity index (χ1v) is 6.77. The van der Waals surface area contributed by atoms with Crippen LogP contribution in [0.15, 0.2) is 0 Å². The number of hydrogen-bond donors (Lipinski definition) is 1. The Bertz CT molecular complexity index is 263. The second-order valence-corrected chi connectivity index (χ2v) is 6.68. The first-order chi connectivity index (χ1) is 6.07. The van der Waals surface area contributed by atoms with Crippen LogP contribution in [0.3, 0.4) is 0 Å². The third-order valence-corrected chi connectivity index (χ3v) is 5.13. The Morgan fingerprint density at radius 2 is 1.54 bits per heavy atom. The van der Waals surface area contributed by atoms with Crippen LogP contribution in [0.2, 0.25) is 0 Å². The van der Waals surface area contributed by atoms with E-state index in [1.807, 2.05) is 0 Å². The maximum atomic E-state index is 11.1. The predicted molar refractivity (Wildman–Crippen MR) is 50.1 cm³/mol. The van der Waals surface area contributed by atoms with E-state index in [1.165, 1.54) is 0 Å². The molecule has 0 bridgehead atoms. The fraction of sp³-hybridized carbons (Fsp3) is 1.00. The van der Waals surface area contributed by atoms with E-state index in [2.05, 4.69) is 0 Å². The van der Waals surface area contributed by atoms with Gasteiger partial charge < -0.3 is 5.11 Å². The minimum Gasteiger partial charge on any atom is -0.393 e. The van der Waals surface area contributed by atoms with Gasteiger partial charge in [-0.15, -0.1) is 0 Å². The van der Waals surface area contributed by atoms with Gasteiger partial charge in [-0.3, -0.25) is 0 Å².